The van der Waals surface area contributed by atoms with Gasteiger partial charge in [0.05, 0.1) is 23.2 Å². The molecule has 0 amide bonds. The lowest BCUT2D eigenvalue weighted by atomic mass is 9.98. The van der Waals surface area contributed by atoms with Crippen molar-refractivity contribution >= 4 is 22.6 Å². The van der Waals surface area contributed by atoms with Crippen molar-refractivity contribution < 1.29 is 23.4 Å². The van der Waals surface area contributed by atoms with E-state index in [1.807, 2.05) is 0 Å². The van der Waals surface area contributed by atoms with Gasteiger partial charge in [-0.05, 0) is 44.0 Å². The van der Waals surface area contributed by atoms with Crippen molar-refractivity contribution in [2.75, 3.05) is 12.3 Å². The molecule has 156 valence electrons. The number of fused-ring (bicyclic) bond motifs is 1. The standard InChI is InChI=1S/C21H19F2N3O4/c1-2-30-20(29)12-9-26(10-3-5-11(27)6-4-10)18-13(19(12)28)17(24)15(22)14(16(18)23)21(25)7-8-21/h3-6,9,27H,2,7-8,24-25H2,1H3. The van der Waals surface area contributed by atoms with Crippen LogP contribution in [0.5, 0.6) is 5.75 Å². The number of nitrogens with zero attached hydrogens (tertiary/aromatic N) is 1. The van der Waals surface area contributed by atoms with Crippen LogP contribution in [0, 0.1) is 11.6 Å². The molecule has 2 aromatic carbocycles. The summed E-state index contributed by atoms with van der Waals surface area (Å²) in [5.74, 6) is -3.10. The fraction of sp³-hybridized carbons (Fsp3) is 0.238. The van der Waals surface area contributed by atoms with Crippen molar-refractivity contribution in [2.24, 2.45) is 5.73 Å². The molecule has 1 fully saturated rings. The first kappa shape index (κ1) is 19.8. The summed E-state index contributed by atoms with van der Waals surface area (Å²) >= 11 is 0. The number of hydrogen-bond acceptors (Lipinski definition) is 6. The summed E-state index contributed by atoms with van der Waals surface area (Å²) in [4.78, 5) is 25.3. The SMILES string of the molecule is CCOC(=O)c1cn(-c2ccc(O)cc2)c2c(F)c(C3(N)CC3)c(F)c(N)c2c1=O. The molecule has 4 rings (SSSR count). The lowest BCUT2D eigenvalue weighted by Gasteiger charge is -2.20. The fourth-order valence-corrected chi connectivity index (χ4v) is 3.53. The Morgan fingerprint density at radius 3 is 2.43 bits per heavy atom. The van der Waals surface area contributed by atoms with Gasteiger partial charge < -0.3 is 25.9 Å². The van der Waals surface area contributed by atoms with Gasteiger partial charge in [-0.1, -0.05) is 0 Å². The van der Waals surface area contributed by atoms with Gasteiger partial charge in [0.15, 0.2) is 11.6 Å². The van der Waals surface area contributed by atoms with Crippen LogP contribution in [0.3, 0.4) is 0 Å². The molecule has 0 aliphatic heterocycles. The second-order valence-corrected chi connectivity index (χ2v) is 7.28. The predicted octanol–water partition coefficient (Wildman–Crippen LogP) is 2.68. The van der Waals surface area contributed by atoms with Crippen molar-refractivity contribution in [3.05, 3.63) is 63.4 Å². The highest BCUT2D eigenvalue weighted by atomic mass is 19.1. The maximum absolute atomic E-state index is 15.6. The summed E-state index contributed by atoms with van der Waals surface area (Å²) in [7, 11) is 0. The van der Waals surface area contributed by atoms with Crippen LogP contribution in [0.4, 0.5) is 14.5 Å². The Morgan fingerprint density at radius 2 is 1.87 bits per heavy atom. The predicted molar refractivity (Wildman–Crippen MR) is 107 cm³/mol. The second-order valence-electron chi connectivity index (χ2n) is 7.28. The van der Waals surface area contributed by atoms with E-state index in [0.717, 1.165) is 6.20 Å². The van der Waals surface area contributed by atoms with E-state index in [-0.39, 0.29) is 23.4 Å². The Labute approximate surface area is 169 Å². The van der Waals surface area contributed by atoms with Gasteiger partial charge in [-0.15, -0.1) is 0 Å². The number of rotatable bonds is 4. The molecule has 0 radical (unpaired) electrons. The summed E-state index contributed by atoms with van der Waals surface area (Å²) in [6.07, 6.45) is 1.86. The van der Waals surface area contributed by atoms with Crippen molar-refractivity contribution in [1.82, 2.24) is 4.57 Å². The Hall–Kier alpha value is -3.46. The average Bonchev–Trinajstić information content (AvgIpc) is 3.44. The van der Waals surface area contributed by atoms with E-state index in [2.05, 4.69) is 0 Å². The van der Waals surface area contributed by atoms with E-state index in [1.54, 1.807) is 6.92 Å². The third-order valence-corrected chi connectivity index (χ3v) is 5.27. The third kappa shape index (κ3) is 2.89. The minimum absolute atomic E-state index is 0.00234. The van der Waals surface area contributed by atoms with Crippen LogP contribution in [0.1, 0.15) is 35.7 Å². The van der Waals surface area contributed by atoms with Gasteiger partial charge in [-0.25, -0.2) is 13.6 Å². The monoisotopic (exact) mass is 415 g/mol. The molecule has 0 bridgehead atoms. The van der Waals surface area contributed by atoms with Crippen LogP contribution in [-0.4, -0.2) is 22.2 Å². The maximum Gasteiger partial charge on any atom is 0.343 e. The molecule has 5 N–H and O–H groups in total. The molecule has 7 nitrogen and oxygen atoms in total. The minimum Gasteiger partial charge on any atom is -0.508 e. The first-order valence-corrected chi connectivity index (χ1v) is 9.31. The molecule has 1 heterocycles. The van der Waals surface area contributed by atoms with Crippen LogP contribution in [0.2, 0.25) is 0 Å². The minimum atomic E-state index is -1.20. The number of nitrogens with two attached hydrogens (primary N) is 2. The molecule has 9 heteroatoms. The van der Waals surface area contributed by atoms with Gasteiger partial charge in [0, 0.05) is 23.0 Å². The second kappa shape index (κ2) is 6.81. The molecule has 3 aromatic rings. The van der Waals surface area contributed by atoms with Gasteiger partial charge in [-0.2, -0.15) is 0 Å². The Kier molecular flexibility index (Phi) is 4.50. The number of phenolic OH excluding ortho intramolecular Hbond substituents is 1. The Bertz CT molecular complexity index is 1250. The van der Waals surface area contributed by atoms with Crippen molar-refractivity contribution in [2.45, 2.75) is 25.3 Å². The van der Waals surface area contributed by atoms with E-state index < -0.39 is 45.2 Å². The van der Waals surface area contributed by atoms with E-state index in [1.165, 1.54) is 28.8 Å². The normalized spacial score (nSPS) is 14.7. The van der Waals surface area contributed by atoms with Gasteiger partial charge in [-0.3, -0.25) is 4.79 Å². The quantitative estimate of drug-likeness (QED) is 0.445. The molecule has 0 unspecified atom stereocenters. The van der Waals surface area contributed by atoms with Gasteiger partial charge in [0.1, 0.15) is 11.3 Å². The summed E-state index contributed by atoms with van der Waals surface area (Å²) in [6.45, 7) is 1.57. The van der Waals surface area contributed by atoms with Crippen LogP contribution in [0.15, 0.2) is 35.3 Å². The average molecular weight is 415 g/mol. The maximum atomic E-state index is 15.6. The lowest BCUT2D eigenvalue weighted by Crippen LogP contribution is -2.27. The molecule has 1 aliphatic rings. The summed E-state index contributed by atoms with van der Waals surface area (Å²) in [6, 6.07) is 5.59. The number of aromatic nitrogens is 1. The number of aromatic hydroxyl groups is 1. The molecule has 30 heavy (non-hydrogen) atoms. The zero-order valence-corrected chi connectivity index (χ0v) is 16.0. The molecule has 1 aromatic heterocycles. The smallest absolute Gasteiger partial charge is 0.343 e. The van der Waals surface area contributed by atoms with E-state index >= 15 is 8.78 Å². The summed E-state index contributed by atoms with van der Waals surface area (Å²) in [5.41, 5.74) is 8.45. The van der Waals surface area contributed by atoms with Crippen molar-refractivity contribution in [3.8, 4) is 11.4 Å². The Balaban J connectivity index is 2.18. The van der Waals surface area contributed by atoms with E-state index in [9.17, 15) is 14.7 Å². The fourth-order valence-electron chi connectivity index (χ4n) is 3.53. The third-order valence-electron chi connectivity index (χ3n) is 5.27. The number of pyridine rings is 1. The number of hydrogen-bond donors (Lipinski definition) is 3. The van der Waals surface area contributed by atoms with Gasteiger partial charge in [0.2, 0.25) is 5.43 Å². The van der Waals surface area contributed by atoms with Crippen LogP contribution < -0.4 is 16.9 Å². The number of anilines is 1. The molecule has 0 atom stereocenters. The number of benzene rings is 2. The number of ether oxygens (including phenoxy) is 1. The van der Waals surface area contributed by atoms with E-state index in [4.69, 9.17) is 16.2 Å². The van der Waals surface area contributed by atoms with Crippen LogP contribution >= 0.6 is 0 Å². The molecular weight excluding hydrogens is 396 g/mol. The summed E-state index contributed by atoms with van der Waals surface area (Å²) < 4.78 is 36.8. The zero-order valence-electron chi connectivity index (χ0n) is 16.0. The lowest BCUT2D eigenvalue weighted by molar-refractivity contribution is 0.0524. The van der Waals surface area contributed by atoms with E-state index in [0.29, 0.717) is 18.5 Å². The number of carbonyl (C=O) groups is 1. The van der Waals surface area contributed by atoms with Gasteiger partial charge in [0.25, 0.3) is 0 Å². The van der Waals surface area contributed by atoms with Gasteiger partial charge >= 0.3 is 5.97 Å². The molecule has 0 saturated heterocycles. The zero-order chi connectivity index (χ0) is 21.8. The number of carbonyl (C=O) groups excluding carboxylic acids is 1. The van der Waals surface area contributed by atoms with Crippen molar-refractivity contribution in [1.29, 1.82) is 0 Å². The topological polar surface area (TPSA) is 121 Å². The highest BCUT2D eigenvalue weighted by Gasteiger charge is 2.46. The largest absolute Gasteiger partial charge is 0.508 e. The molecule has 0 spiro atoms. The highest BCUT2D eigenvalue weighted by molar-refractivity contribution is 5.99. The number of halogens is 2. The first-order chi connectivity index (χ1) is 14.2. The molecule has 1 saturated carbocycles. The molecule has 1 aliphatic carbocycles. The number of esters is 1. The van der Waals surface area contributed by atoms with Crippen LogP contribution in [-0.2, 0) is 10.3 Å². The number of nitrogen functional groups attached to an aromatic ring is 1. The summed E-state index contributed by atoms with van der Waals surface area (Å²) in [5, 5.41) is 9.10. The first-order valence-electron chi connectivity index (χ1n) is 9.31. The van der Waals surface area contributed by atoms with Crippen molar-refractivity contribution in [3.63, 3.8) is 0 Å². The number of phenols is 1. The highest BCUT2D eigenvalue weighted by Crippen LogP contribution is 2.47. The molecular formula is C21H19F2N3O4. The van der Waals surface area contributed by atoms with Crippen LogP contribution in [0.25, 0.3) is 16.6 Å². The Morgan fingerprint density at radius 1 is 1.23 bits per heavy atom.